The summed E-state index contributed by atoms with van der Waals surface area (Å²) in [4.78, 5) is 0. The van der Waals surface area contributed by atoms with Gasteiger partial charge in [0.05, 0.1) is 0 Å². The highest BCUT2D eigenvalue weighted by Gasteiger charge is 2.10. The minimum Gasteiger partial charge on any atom is -0.143 e. The summed E-state index contributed by atoms with van der Waals surface area (Å²) in [5, 5.41) is 24.6. The van der Waals surface area contributed by atoms with Crippen LogP contribution in [-0.2, 0) is 12.8 Å². The molecule has 0 saturated carbocycles. The van der Waals surface area contributed by atoms with E-state index in [1.807, 2.05) is 0 Å². The minimum absolute atomic E-state index is 1.02. The van der Waals surface area contributed by atoms with Crippen LogP contribution in [0.25, 0.3) is 31.9 Å². The molecule has 0 aliphatic heterocycles. The van der Waals surface area contributed by atoms with Gasteiger partial charge in [0.1, 0.15) is 20.0 Å². The van der Waals surface area contributed by atoms with Crippen molar-refractivity contribution < 1.29 is 0 Å². The van der Waals surface area contributed by atoms with Crippen LogP contribution < -0.4 is 0 Å². The van der Waals surface area contributed by atoms with Crippen molar-refractivity contribution in [3.63, 3.8) is 0 Å². The normalized spacial score (nSPS) is 11.5. The molecule has 0 atom stereocenters. The van der Waals surface area contributed by atoms with Gasteiger partial charge in [0.15, 0.2) is 0 Å². The quantitative estimate of drug-likeness (QED) is 0.165. The van der Waals surface area contributed by atoms with Gasteiger partial charge in [0, 0.05) is 24.0 Å². The first-order chi connectivity index (χ1) is 16.8. The van der Waals surface area contributed by atoms with E-state index in [1.54, 1.807) is 22.7 Å². The van der Waals surface area contributed by atoms with Gasteiger partial charge < -0.3 is 0 Å². The van der Waals surface area contributed by atoms with Gasteiger partial charge in [0.2, 0.25) is 0 Å². The van der Waals surface area contributed by atoms with Crippen molar-refractivity contribution in [1.29, 1.82) is 0 Å². The van der Waals surface area contributed by atoms with Crippen LogP contribution in [0.5, 0.6) is 0 Å². The first kappa shape index (κ1) is 24.9. The van der Waals surface area contributed by atoms with E-state index in [9.17, 15) is 0 Å². The largest absolute Gasteiger partial charge is 0.147 e. The third kappa shape index (κ3) is 6.92. The number of aryl methyl sites for hydroxylation is 2. The molecule has 0 aliphatic carbocycles. The van der Waals surface area contributed by atoms with E-state index in [-0.39, 0.29) is 0 Å². The predicted molar refractivity (Wildman–Crippen MR) is 147 cm³/mol. The SMILES string of the molecule is CCCCCCCc1nnc(-c2ccc3cc(-c4nnc(CCCCCCC)s4)ccc3c2)s1. The van der Waals surface area contributed by atoms with E-state index in [1.165, 1.54) is 75.0 Å². The molecule has 0 spiro atoms. The van der Waals surface area contributed by atoms with E-state index in [0.29, 0.717) is 0 Å². The second-order valence-electron chi connectivity index (χ2n) is 9.11. The Hall–Kier alpha value is -2.18. The highest BCUT2D eigenvalue weighted by atomic mass is 32.1. The fourth-order valence-electron chi connectivity index (χ4n) is 4.21. The Labute approximate surface area is 211 Å². The Morgan fingerprint density at radius 3 is 1.41 bits per heavy atom. The lowest BCUT2D eigenvalue weighted by Crippen LogP contribution is -1.85. The Bertz CT molecular complexity index is 1070. The summed E-state index contributed by atoms with van der Waals surface area (Å²) < 4.78 is 0. The maximum Gasteiger partial charge on any atom is 0.147 e. The highest BCUT2D eigenvalue weighted by Crippen LogP contribution is 2.31. The van der Waals surface area contributed by atoms with Gasteiger partial charge in [-0.25, -0.2) is 0 Å². The summed E-state index contributed by atoms with van der Waals surface area (Å²) in [6.45, 7) is 4.51. The molecule has 4 rings (SSSR count). The molecule has 0 fully saturated rings. The Morgan fingerprint density at radius 2 is 0.971 bits per heavy atom. The molecule has 0 radical (unpaired) electrons. The van der Waals surface area contributed by atoms with E-state index in [0.717, 1.165) is 44.0 Å². The lowest BCUT2D eigenvalue weighted by molar-refractivity contribution is 0.630. The number of rotatable bonds is 14. The summed E-state index contributed by atoms with van der Waals surface area (Å²) in [5.74, 6) is 0. The molecule has 0 N–H and O–H groups in total. The van der Waals surface area contributed by atoms with E-state index in [2.05, 4.69) is 70.6 Å². The van der Waals surface area contributed by atoms with Gasteiger partial charge in [-0.1, -0.05) is 112 Å². The van der Waals surface area contributed by atoms with E-state index >= 15 is 0 Å². The Morgan fingerprint density at radius 1 is 0.529 bits per heavy atom. The molecule has 4 aromatic rings. The zero-order chi connectivity index (χ0) is 23.6. The Kier molecular flexibility index (Phi) is 9.57. The maximum absolute atomic E-state index is 4.47. The first-order valence-electron chi connectivity index (χ1n) is 13.0. The molecular weight excluding hydrogens is 456 g/mol. The predicted octanol–water partition coefficient (Wildman–Crippen LogP) is 8.90. The van der Waals surface area contributed by atoms with Crippen LogP contribution in [0.2, 0.25) is 0 Å². The van der Waals surface area contributed by atoms with Gasteiger partial charge in [-0.15, -0.1) is 20.4 Å². The van der Waals surface area contributed by atoms with Crippen LogP contribution in [0, 0.1) is 0 Å². The molecule has 34 heavy (non-hydrogen) atoms. The molecule has 0 aliphatic rings. The van der Waals surface area contributed by atoms with Crippen LogP contribution >= 0.6 is 22.7 Å². The molecule has 6 heteroatoms. The van der Waals surface area contributed by atoms with Crippen LogP contribution in [-0.4, -0.2) is 20.4 Å². The standard InChI is InChI=1S/C28H36N4S2/c1-3-5-7-9-11-13-25-29-31-27(33-25)23-17-15-22-20-24(18-16-21(22)19-23)28-32-30-26(34-28)14-12-10-8-6-4-2/h15-20H,3-14H2,1-2H3. The third-order valence-electron chi connectivity index (χ3n) is 6.26. The zero-order valence-electron chi connectivity index (χ0n) is 20.6. The van der Waals surface area contributed by atoms with E-state index in [4.69, 9.17) is 0 Å². The van der Waals surface area contributed by atoms with Crippen molar-refractivity contribution in [1.82, 2.24) is 20.4 Å². The number of unbranched alkanes of at least 4 members (excludes halogenated alkanes) is 8. The van der Waals surface area contributed by atoms with Gasteiger partial charge in [-0.2, -0.15) is 0 Å². The average molecular weight is 493 g/mol. The van der Waals surface area contributed by atoms with Crippen LogP contribution in [0.4, 0.5) is 0 Å². The first-order valence-corrected chi connectivity index (χ1v) is 14.6. The summed E-state index contributed by atoms with van der Waals surface area (Å²) in [6, 6.07) is 13.2. The smallest absolute Gasteiger partial charge is 0.143 e. The molecule has 4 nitrogen and oxygen atoms in total. The second-order valence-corrected chi connectivity index (χ2v) is 11.2. The molecule has 0 unspecified atom stereocenters. The number of hydrogen-bond donors (Lipinski definition) is 0. The summed E-state index contributed by atoms with van der Waals surface area (Å²) in [7, 11) is 0. The monoisotopic (exact) mass is 492 g/mol. The molecule has 2 aromatic heterocycles. The molecular formula is C28H36N4S2. The topological polar surface area (TPSA) is 51.6 Å². The fourth-order valence-corrected chi connectivity index (χ4v) is 5.97. The van der Waals surface area contributed by atoms with Crippen molar-refractivity contribution in [3.05, 3.63) is 46.4 Å². The van der Waals surface area contributed by atoms with Crippen molar-refractivity contribution >= 4 is 33.4 Å². The maximum atomic E-state index is 4.47. The number of hydrogen-bond acceptors (Lipinski definition) is 6. The van der Waals surface area contributed by atoms with Gasteiger partial charge in [-0.05, 0) is 35.7 Å². The Balaban J connectivity index is 1.38. The molecule has 2 aromatic carbocycles. The molecule has 180 valence electrons. The third-order valence-corrected chi connectivity index (χ3v) is 8.32. The van der Waals surface area contributed by atoms with Crippen molar-refractivity contribution in [2.75, 3.05) is 0 Å². The van der Waals surface area contributed by atoms with Crippen LogP contribution in [0.15, 0.2) is 36.4 Å². The molecule has 0 saturated heterocycles. The molecule has 2 heterocycles. The van der Waals surface area contributed by atoms with E-state index < -0.39 is 0 Å². The molecule has 0 amide bonds. The highest BCUT2D eigenvalue weighted by molar-refractivity contribution is 7.15. The van der Waals surface area contributed by atoms with Crippen molar-refractivity contribution in [2.45, 2.75) is 90.9 Å². The minimum atomic E-state index is 1.02. The van der Waals surface area contributed by atoms with Gasteiger partial charge in [-0.3, -0.25) is 0 Å². The lowest BCUT2D eigenvalue weighted by atomic mass is 10.0. The van der Waals surface area contributed by atoms with Gasteiger partial charge >= 0.3 is 0 Å². The zero-order valence-corrected chi connectivity index (χ0v) is 22.2. The van der Waals surface area contributed by atoms with Crippen molar-refractivity contribution in [2.24, 2.45) is 0 Å². The number of nitrogens with zero attached hydrogens (tertiary/aromatic N) is 4. The van der Waals surface area contributed by atoms with Crippen molar-refractivity contribution in [3.8, 4) is 21.1 Å². The average Bonchev–Trinajstić information content (AvgIpc) is 3.53. The van der Waals surface area contributed by atoms with Crippen LogP contribution in [0.1, 0.15) is 88.1 Å². The van der Waals surface area contributed by atoms with Crippen LogP contribution in [0.3, 0.4) is 0 Å². The summed E-state index contributed by atoms with van der Waals surface area (Å²) in [5.41, 5.74) is 2.30. The fraction of sp³-hybridized carbons (Fsp3) is 0.500. The number of fused-ring (bicyclic) bond motifs is 1. The summed E-state index contributed by atoms with van der Waals surface area (Å²) in [6.07, 6.45) is 15.0. The number of benzene rings is 2. The molecule has 0 bridgehead atoms. The number of aromatic nitrogens is 4. The second kappa shape index (κ2) is 13.1. The van der Waals surface area contributed by atoms with Gasteiger partial charge in [0.25, 0.3) is 0 Å². The summed E-state index contributed by atoms with van der Waals surface area (Å²) >= 11 is 3.47. The lowest BCUT2D eigenvalue weighted by Gasteiger charge is -2.03.